The summed E-state index contributed by atoms with van der Waals surface area (Å²) in [4.78, 5) is 0. The second-order valence-corrected chi connectivity index (χ2v) is 1.41. The zero-order chi connectivity index (χ0) is 12.7. The van der Waals surface area contributed by atoms with Gasteiger partial charge in [0.05, 0.1) is 12.6 Å². The van der Waals surface area contributed by atoms with Crippen LogP contribution in [-0.2, 0) is 0 Å². The molecular weight excluding hydrogens is 112 g/mol. The molecule has 9 heavy (non-hydrogen) atoms. The molecule has 0 aliphatic heterocycles. The van der Waals surface area contributed by atoms with E-state index in [1.54, 1.807) is 0 Å². The van der Waals surface area contributed by atoms with Crippen LogP contribution in [-0.4, -0.2) is 7.11 Å². The van der Waals surface area contributed by atoms with Gasteiger partial charge in [0.2, 0.25) is 0 Å². The van der Waals surface area contributed by atoms with E-state index >= 15 is 0 Å². The highest BCUT2D eigenvalue weighted by molar-refractivity contribution is 5.25. The lowest BCUT2D eigenvalue weighted by Gasteiger charge is -1.97. The van der Waals surface area contributed by atoms with Crippen molar-refractivity contribution in [3.63, 3.8) is 0 Å². The lowest BCUT2D eigenvalue weighted by molar-refractivity contribution is 0.414. The Labute approximate surface area is 65.1 Å². The highest BCUT2D eigenvalue weighted by Crippen LogP contribution is 2.09. The molecule has 0 heterocycles. The molecular formula is C8H10O. The molecule has 0 amide bonds. The van der Waals surface area contributed by atoms with Gasteiger partial charge in [-0.15, -0.1) is 0 Å². The molecule has 0 bridgehead atoms. The first kappa shape index (κ1) is 1.75. The molecule has 0 unspecified atom stereocenters. The molecule has 0 aromatic heterocycles. The Bertz CT molecular complexity index is 394. The summed E-state index contributed by atoms with van der Waals surface area (Å²) < 4.78 is 56.2. The minimum Gasteiger partial charge on any atom is -0.497 e. The molecule has 0 aliphatic carbocycles. The fraction of sp³-hybridized carbons (Fsp3) is 0.250. The third-order valence-electron chi connectivity index (χ3n) is 0.806. The van der Waals surface area contributed by atoms with Crippen LogP contribution in [0, 0.1) is 6.85 Å². The Morgan fingerprint density at radius 3 is 2.56 bits per heavy atom. The molecule has 48 valence electrons. The maximum atomic E-state index is 7.50. The van der Waals surface area contributed by atoms with Crippen molar-refractivity contribution in [1.29, 1.82) is 0 Å². The molecule has 1 aromatic rings. The number of rotatable bonds is 1. The third kappa shape index (κ3) is 1.46. The Morgan fingerprint density at radius 2 is 2.11 bits per heavy atom. The fourth-order valence-corrected chi connectivity index (χ4v) is 0.403. The van der Waals surface area contributed by atoms with Crippen LogP contribution in [0.15, 0.2) is 24.2 Å². The average Bonchev–Trinajstić information content (AvgIpc) is 2.14. The maximum absolute atomic E-state index is 7.50. The Hall–Kier alpha value is -0.980. The second-order valence-electron chi connectivity index (χ2n) is 1.41. The molecule has 0 N–H and O–H groups in total. The van der Waals surface area contributed by atoms with Gasteiger partial charge in [-0.05, 0) is 18.9 Å². The van der Waals surface area contributed by atoms with Crippen molar-refractivity contribution in [2.45, 2.75) is 6.85 Å². The standard InChI is InChI=1S/C8H10O/c1-7-3-5-8(9-2)6-4-7/h3-6H,1-2H3/i1D3,3D,4D,5D,6D. The van der Waals surface area contributed by atoms with Gasteiger partial charge >= 0.3 is 0 Å². The molecule has 1 rings (SSSR count). The van der Waals surface area contributed by atoms with Crippen LogP contribution >= 0.6 is 0 Å². The maximum Gasteiger partial charge on any atom is 0.118 e. The zero-order valence-corrected chi connectivity index (χ0v) is 4.91. The molecule has 0 saturated carbocycles. The fourth-order valence-electron chi connectivity index (χ4n) is 0.403. The number of hydrogen-bond donors (Lipinski definition) is 0. The first-order chi connectivity index (χ1) is 7.21. The van der Waals surface area contributed by atoms with Gasteiger partial charge in [0, 0.05) is 4.11 Å². The summed E-state index contributed by atoms with van der Waals surface area (Å²) in [5.74, 6) is -0.247. The molecule has 0 radical (unpaired) electrons. The van der Waals surface area contributed by atoms with Gasteiger partial charge in [-0.25, -0.2) is 0 Å². The Balaban J connectivity index is 3.67. The third-order valence-corrected chi connectivity index (χ3v) is 0.806. The molecule has 1 heteroatoms. The molecule has 1 nitrogen and oxygen atoms in total. The van der Waals surface area contributed by atoms with E-state index in [9.17, 15) is 0 Å². The Kier molecular flexibility index (Phi) is 0.493. The summed E-state index contributed by atoms with van der Waals surface area (Å²) >= 11 is 0. The summed E-state index contributed by atoms with van der Waals surface area (Å²) in [6.07, 6.45) is 0. The quantitative estimate of drug-likeness (QED) is 0.563. The average molecular weight is 129 g/mol. The van der Waals surface area contributed by atoms with Crippen LogP contribution < -0.4 is 4.74 Å². The normalized spacial score (nSPS) is 21.7. The smallest absolute Gasteiger partial charge is 0.118 e. The van der Waals surface area contributed by atoms with Gasteiger partial charge in [0.1, 0.15) is 5.75 Å². The topological polar surface area (TPSA) is 9.23 Å². The molecule has 1 aromatic carbocycles. The summed E-state index contributed by atoms with van der Waals surface area (Å²) in [5.41, 5.74) is -0.580. The van der Waals surface area contributed by atoms with E-state index in [-0.39, 0.29) is 5.75 Å². The molecule has 0 saturated heterocycles. The van der Waals surface area contributed by atoms with Crippen molar-refractivity contribution in [2.75, 3.05) is 7.11 Å². The summed E-state index contributed by atoms with van der Waals surface area (Å²) in [6, 6.07) is -2.13. The molecule has 0 spiro atoms. The van der Waals surface area contributed by atoms with Crippen molar-refractivity contribution in [3.05, 3.63) is 29.7 Å². The minimum absolute atomic E-state index is 0.247. The summed E-state index contributed by atoms with van der Waals surface area (Å²) in [6.45, 7) is -2.67. The van der Waals surface area contributed by atoms with Gasteiger partial charge in [-0.3, -0.25) is 0 Å². The van der Waals surface area contributed by atoms with Crippen LogP contribution in [0.2, 0.25) is 0 Å². The largest absolute Gasteiger partial charge is 0.497 e. The van der Waals surface area contributed by atoms with Gasteiger partial charge in [-0.2, -0.15) is 0 Å². The Morgan fingerprint density at radius 1 is 1.44 bits per heavy atom. The number of benzene rings is 1. The predicted octanol–water partition coefficient (Wildman–Crippen LogP) is 2.00. The number of hydrogen-bond acceptors (Lipinski definition) is 1. The van der Waals surface area contributed by atoms with E-state index in [0.29, 0.717) is 0 Å². The van der Waals surface area contributed by atoms with Crippen molar-refractivity contribution >= 4 is 0 Å². The van der Waals surface area contributed by atoms with Gasteiger partial charge < -0.3 is 4.74 Å². The minimum atomic E-state index is -2.67. The van der Waals surface area contributed by atoms with E-state index < -0.39 is 36.6 Å². The van der Waals surface area contributed by atoms with Gasteiger partial charge in [-0.1, -0.05) is 17.6 Å². The van der Waals surface area contributed by atoms with E-state index in [0.717, 1.165) is 0 Å². The SMILES string of the molecule is [2H]c1c([2H])c(C([2H])([2H])[2H])c([2H])c([2H])c1OC. The van der Waals surface area contributed by atoms with Crippen LogP contribution in [0.25, 0.3) is 0 Å². The lowest BCUT2D eigenvalue weighted by Crippen LogP contribution is -1.80. The van der Waals surface area contributed by atoms with Gasteiger partial charge in [0.15, 0.2) is 0 Å². The van der Waals surface area contributed by atoms with Crippen LogP contribution in [0.4, 0.5) is 0 Å². The second kappa shape index (κ2) is 2.53. The van der Waals surface area contributed by atoms with E-state index in [1.165, 1.54) is 7.11 Å². The van der Waals surface area contributed by atoms with E-state index in [2.05, 4.69) is 0 Å². The van der Waals surface area contributed by atoms with Crippen molar-refractivity contribution < 1.29 is 14.3 Å². The van der Waals surface area contributed by atoms with Crippen molar-refractivity contribution in [1.82, 2.24) is 0 Å². The highest BCUT2D eigenvalue weighted by Gasteiger charge is 1.85. The van der Waals surface area contributed by atoms with E-state index in [1.807, 2.05) is 0 Å². The predicted molar refractivity (Wildman–Crippen MR) is 37.7 cm³/mol. The highest BCUT2D eigenvalue weighted by atomic mass is 16.5. The molecule has 0 aliphatic rings. The van der Waals surface area contributed by atoms with Crippen molar-refractivity contribution in [3.8, 4) is 5.75 Å². The first-order valence-corrected chi connectivity index (χ1v) is 2.36. The zero-order valence-electron chi connectivity index (χ0n) is 11.9. The molecule has 0 atom stereocenters. The van der Waals surface area contributed by atoms with Crippen molar-refractivity contribution in [2.24, 2.45) is 0 Å². The molecule has 0 fully saturated rings. The lowest BCUT2D eigenvalue weighted by atomic mass is 10.2. The number of methoxy groups -OCH3 is 1. The van der Waals surface area contributed by atoms with E-state index in [4.69, 9.17) is 14.3 Å². The van der Waals surface area contributed by atoms with Crippen LogP contribution in [0.5, 0.6) is 5.75 Å². The monoisotopic (exact) mass is 129 g/mol. The van der Waals surface area contributed by atoms with Crippen LogP contribution in [0.3, 0.4) is 0 Å². The van der Waals surface area contributed by atoms with Gasteiger partial charge in [0.25, 0.3) is 0 Å². The van der Waals surface area contributed by atoms with Crippen LogP contribution in [0.1, 0.15) is 15.2 Å². The number of ether oxygens (including phenoxy) is 1. The summed E-state index contributed by atoms with van der Waals surface area (Å²) in [5, 5.41) is 0. The first-order valence-electron chi connectivity index (χ1n) is 5.86. The summed E-state index contributed by atoms with van der Waals surface area (Å²) in [7, 11) is 1.21.